The molecule has 0 N–H and O–H groups in total. The number of benzene rings is 2. The average Bonchev–Trinajstić information content (AvgIpc) is 2.99. The van der Waals surface area contributed by atoms with Gasteiger partial charge in [-0.1, -0.05) is 17.7 Å². The summed E-state index contributed by atoms with van der Waals surface area (Å²) >= 11 is 0. The molecule has 0 spiro atoms. The molecule has 134 valence electrons. The van der Waals surface area contributed by atoms with Crippen LogP contribution in [-0.2, 0) is 10.0 Å². The molecule has 26 heavy (non-hydrogen) atoms. The molecule has 0 saturated heterocycles. The van der Waals surface area contributed by atoms with E-state index in [1.165, 1.54) is 31.5 Å². The van der Waals surface area contributed by atoms with Crippen LogP contribution in [0.1, 0.15) is 11.1 Å². The molecule has 0 atom stereocenters. The molecule has 8 heteroatoms. The summed E-state index contributed by atoms with van der Waals surface area (Å²) in [6.07, 6.45) is 3.42. The minimum Gasteiger partial charge on any atom is -0.497 e. The van der Waals surface area contributed by atoms with Crippen molar-refractivity contribution in [3.8, 4) is 5.75 Å². The van der Waals surface area contributed by atoms with Gasteiger partial charge in [0.05, 0.1) is 22.4 Å². The van der Waals surface area contributed by atoms with E-state index in [4.69, 9.17) is 4.74 Å². The zero-order valence-electron chi connectivity index (χ0n) is 14.1. The third-order valence-corrected chi connectivity index (χ3v) is 5.65. The second-order valence-corrected chi connectivity index (χ2v) is 7.50. The molecule has 3 rings (SSSR count). The van der Waals surface area contributed by atoms with Crippen LogP contribution in [0.25, 0.3) is 17.0 Å². The summed E-state index contributed by atoms with van der Waals surface area (Å²) in [6, 6.07) is 11.4. The lowest BCUT2D eigenvalue weighted by Gasteiger charge is -2.08. The minimum absolute atomic E-state index is 0.139. The lowest BCUT2D eigenvalue weighted by atomic mass is 10.1. The van der Waals surface area contributed by atoms with E-state index in [2.05, 4.69) is 0 Å². The molecular formula is C18H16N2O5S. The molecule has 0 aliphatic rings. The summed E-state index contributed by atoms with van der Waals surface area (Å²) in [5.41, 5.74) is 1.77. The van der Waals surface area contributed by atoms with Gasteiger partial charge in [0.15, 0.2) is 0 Å². The van der Waals surface area contributed by atoms with Gasteiger partial charge in [0.25, 0.3) is 10.0 Å². The Morgan fingerprint density at radius 1 is 1.15 bits per heavy atom. The van der Waals surface area contributed by atoms with E-state index in [1.54, 1.807) is 30.3 Å². The predicted molar refractivity (Wildman–Crippen MR) is 98.3 cm³/mol. The van der Waals surface area contributed by atoms with Gasteiger partial charge in [-0.15, -0.1) is 0 Å². The van der Waals surface area contributed by atoms with Crippen LogP contribution >= 0.6 is 0 Å². The van der Waals surface area contributed by atoms with Gasteiger partial charge in [0, 0.05) is 23.2 Å². The molecule has 0 aliphatic heterocycles. The topological polar surface area (TPSA) is 91.4 Å². The SMILES string of the molecule is COc1ccc2c(c1)c(/C=C/[N+](=O)[O-])cn2S(=O)(=O)c1ccc(C)cc1. The van der Waals surface area contributed by atoms with Crippen molar-refractivity contribution in [1.82, 2.24) is 3.97 Å². The summed E-state index contributed by atoms with van der Waals surface area (Å²) in [5, 5.41) is 11.2. The number of methoxy groups -OCH3 is 1. The van der Waals surface area contributed by atoms with E-state index in [1.807, 2.05) is 6.92 Å². The van der Waals surface area contributed by atoms with Crippen molar-refractivity contribution in [3.63, 3.8) is 0 Å². The van der Waals surface area contributed by atoms with Crippen molar-refractivity contribution in [2.45, 2.75) is 11.8 Å². The van der Waals surface area contributed by atoms with E-state index < -0.39 is 14.9 Å². The van der Waals surface area contributed by atoms with Crippen LogP contribution in [0.15, 0.2) is 59.8 Å². The lowest BCUT2D eigenvalue weighted by molar-refractivity contribution is -0.400. The van der Waals surface area contributed by atoms with Gasteiger partial charge < -0.3 is 4.74 Å². The van der Waals surface area contributed by atoms with Gasteiger partial charge in [0.1, 0.15) is 5.75 Å². The smallest absolute Gasteiger partial charge is 0.268 e. The summed E-state index contributed by atoms with van der Waals surface area (Å²) in [6.45, 7) is 1.87. The minimum atomic E-state index is -3.85. The second-order valence-electron chi connectivity index (χ2n) is 5.68. The number of hydrogen-bond acceptors (Lipinski definition) is 5. The Morgan fingerprint density at radius 3 is 2.46 bits per heavy atom. The van der Waals surface area contributed by atoms with Crippen molar-refractivity contribution < 1.29 is 18.1 Å². The van der Waals surface area contributed by atoms with Crippen molar-refractivity contribution in [3.05, 3.63) is 76.1 Å². The second kappa shape index (κ2) is 6.64. The predicted octanol–water partition coefficient (Wildman–Crippen LogP) is 3.44. The third kappa shape index (κ3) is 3.18. The first-order chi connectivity index (χ1) is 12.3. The molecule has 0 radical (unpaired) electrons. The molecule has 1 aromatic heterocycles. The first kappa shape index (κ1) is 17.7. The number of fused-ring (bicyclic) bond motifs is 1. The monoisotopic (exact) mass is 372 g/mol. The van der Waals surface area contributed by atoms with Gasteiger partial charge in [-0.05, 0) is 37.3 Å². The van der Waals surface area contributed by atoms with Crippen LogP contribution in [0.3, 0.4) is 0 Å². The van der Waals surface area contributed by atoms with Gasteiger partial charge in [-0.3, -0.25) is 10.1 Å². The fourth-order valence-corrected chi connectivity index (χ4v) is 4.01. The Labute approximate surface area is 150 Å². The number of nitrogens with zero attached hydrogens (tertiary/aromatic N) is 2. The van der Waals surface area contributed by atoms with E-state index >= 15 is 0 Å². The number of hydrogen-bond donors (Lipinski definition) is 0. The van der Waals surface area contributed by atoms with E-state index in [-0.39, 0.29) is 4.90 Å². The van der Waals surface area contributed by atoms with Crippen molar-refractivity contribution in [1.29, 1.82) is 0 Å². The molecule has 1 heterocycles. The summed E-state index contributed by atoms with van der Waals surface area (Å²) in [5.74, 6) is 0.527. The Bertz CT molecular complexity index is 1110. The maximum absolute atomic E-state index is 13.0. The van der Waals surface area contributed by atoms with Crippen LogP contribution < -0.4 is 4.74 Å². The normalized spacial score (nSPS) is 11.9. The molecule has 3 aromatic rings. The van der Waals surface area contributed by atoms with Crippen LogP contribution in [0.5, 0.6) is 5.75 Å². The zero-order valence-corrected chi connectivity index (χ0v) is 14.9. The highest BCUT2D eigenvalue weighted by Crippen LogP contribution is 2.30. The van der Waals surface area contributed by atoms with E-state index in [0.29, 0.717) is 22.2 Å². The summed E-state index contributed by atoms with van der Waals surface area (Å²) in [7, 11) is -2.35. The number of aryl methyl sites for hydroxylation is 1. The van der Waals surface area contributed by atoms with E-state index in [0.717, 1.165) is 15.7 Å². The highest BCUT2D eigenvalue weighted by molar-refractivity contribution is 7.90. The fraction of sp³-hybridized carbons (Fsp3) is 0.111. The Hall–Kier alpha value is -3.13. The number of ether oxygens (including phenoxy) is 1. The van der Waals surface area contributed by atoms with Gasteiger partial charge in [-0.2, -0.15) is 0 Å². The van der Waals surface area contributed by atoms with Crippen molar-refractivity contribution in [2.75, 3.05) is 7.11 Å². The number of nitro groups is 1. The quantitative estimate of drug-likeness (QED) is 0.505. The zero-order chi connectivity index (χ0) is 18.9. The number of rotatable bonds is 5. The maximum atomic E-state index is 13.0. The molecule has 0 fully saturated rings. The summed E-state index contributed by atoms with van der Waals surface area (Å²) < 4.78 is 32.4. The lowest BCUT2D eigenvalue weighted by Crippen LogP contribution is -2.11. The largest absolute Gasteiger partial charge is 0.497 e. The van der Waals surface area contributed by atoms with Gasteiger partial charge in [-0.25, -0.2) is 12.4 Å². The molecule has 0 bridgehead atoms. The Balaban J connectivity index is 2.25. The number of aromatic nitrogens is 1. The molecule has 0 amide bonds. The molecule has 0 aliphatic carbocycles. The van der Waals surface area contributed by atoms with Gasteiger partial charge in [0.2, 0.25) is 6.20 Å². The molecular weight excluding hydrogens is 356 g/mol. The first-order valence-electron chi connectivity index (χ1n) is 7.66. The van der Waals surface area contributed by atoms with E-state index in [9.17, 15) is 18.5 Å². The third-order valence-electron chi connectivity index (χ3n) is 3.96. The Kier molecular flexibility index (Phi) is 4.52. The molecule has 2 aromatic carbocycles. The maximum Gasteiger partial charge on any atom is 0.268 e. The molecule has 0 unspecified atom stereocenters. The molecule has 7 nitrogen and oxygen atoms in total. The van der Waals surface area contributed by atoms with Crippen LogP contribution in [0, 0.1) is 17.0 Å². The fourth-order valence-electron chi connectivity index (χ4n) is 2.63. The van der Waals surface area contributed by atoms with Crippen LogP contribution in [-0.4, -0.2) is 24.4 Å². The van der Waals surface area contributed by atoms with Crippen LogP contribution in [0.2, 0.25) is 0 Å². The Morgan fingerprint density at radius 2 is 1.85 bits per heavy atom. The standard InChI is InChI=1S/C18H16N2O5S/c1-13-3-6-16(7-4-13)26(23,24)19-12-14(9-10-20(21)22)17-11-15(25-2)5-8-18(17)19/h3-12H,1-2H3/b10-9+. The highest BCUT2D eigenvalue weighted by atomic mass is 32.2. The van der Waals surface area contributed by atoms with Gasteiger partial charge >= 0.3 is 0 Å². The summed E-state index contributed by atoms with van der Waals surface area (Å²) in [4.78, 5) is 10.2. The van der Waals surface area contributed by atoms with Crippen molar-refractivity contribution in [2.24, 2.45) is 0 Å². The highest BCUT2D eigenvalue weighted by Gasteiger charge is 2.21. The van der Waals surface area contributed by atoms with Crippen LogP contribution in [0.4, 0.5) is 0 Å². The van der Waals surface area contributed by atoms with Crippen molar-refractivity contribution >= 4 is 27.0 Å². The first-order valence-corrected chi connectivity index (χ1v) is 9.10. The molecule has 0 saturated carbocycles. The average molecular weight is 372 g/mol.